The van der Waals surface area contributed by atoms with Crippen LogP contribution >= 0.6 is 11.6 Å². The smallest absolute Gasteiger partial charge is 0.222 e. The van der Waals surface area contributed by atoms with Crippen LogP contribution in [0.3, 0.4) is 0 Å². The number of halogens is 1. The highest BCUT2D eigenvalue weighted by Crippen LogP contribution is 2.18. The first-order chi connectivity index (χ1) is 8.69. The summed E-state index contributed by atoms with van der Waals surface area (Å²) in [6.07, 6.45) is 0.363. The molecule has 0 unspecified atom stereocenters. The van der Waals surface area contributed by atoms with Crippen molar-refractivity contribution in [2.75, 3.05) is 11.9 Å². The van der Waals surface area contributed by atoms with Crippen LogP contribution in [0.5, 0.6) is 0 Å². The summed E-state index contributed by atoms with van der Waals surface area (Å²) >= 11 is 5.99. The molecule has 0 radical (unpaired) electrons. The molecule has 0 bridgehead atoms. The minimum atomic E-state index is -0.213. The molecule has 1 aromatic rings. The second-order valence-electron chi connectivity index (χ2n) is 5.51. The van der Waals surface area contributed by atoms with Crippen molar-refractivity contribution in [2.45, 2.75) is 46.6 Å². The van der Waals surface area contributed by atoms with E-state index in [1.54, 1.807) is 0 Å². The maximum absolute atomic E-state index is 11.6. The molecule has 0 aromatic carbocycles. The number of amides is 1. The van der Waals surface area contributed by atoms with E-state index in [1.165, 1.54) is 0 Å². The van der Waals surface area contributed by atoms with Crippen molar-refractivity contribution >= 4 is 23.3 Å². The van der Waals surface area contributed by atoms with Gasteiger partial charge >= 0.3 is 0 Å². The summed E-state index contributed by atoms with van der Waals surface area (Å²) < 4.78 is 0. The van der Waals surface area contributed by atoms with Crippen LogP contribution in [0.15, 0.2) is 0 Å². The molecule has 1 heterocycles. The van der Waals surface area contributed by atoms with Gasteiger partial charge in [-0.25, -0.2) is 9.97 Å². The lowest BCUT2D eigenvalue weighted by Gasteiger charge is -2.20. The van der Waals surface area contributed by atoms with E-state index in [9.17, 15) is 4.79 Å². The molecule has 0 spiro atoms. The van der Waals surface area contributed by atoms with E-state index in [1.807, 2.05) is 34.6 Å². The Morgan fingerprint density at radius 1 is 1.21 bits per heavy atom. The Morgan fingerprint density at radius 3 is 2.37 bits per heavy atom. The van der Waals surface area contributed by atoms with Crippen molar-refractivity contribution in [2.24, 2.45) is 0 Å². The third-order valence-electron chi connectivity index (χ3n) is 2.42. The SMILES string of the molecule is Cc1nc(Cl)c(NCCC(=O)NC(C)(C)C)nc1C. The third-order valence-corrected chi connectivity index (χ3v) is 2.69. The Hall–Kier alpha value is -1.36. The highest BCUT2D eigenvalue weighted by Gasteiger charge is 2.13. The fourth-order valence-corrected chi connectivity index (χ4v) is 1.70. The normalized spacial score (nSPS) is 11.3. The van der Waals surface area contributed by atoms with Crippen LogP contribution in [-0.2, 0) is 4.79 Å². The van der Waals surface area contributed by atoms with Crippen LogP contribution in [0.25, 0.3) is 0 Å². The summed E-state index contributed by atoms with van der Waals surface area (Å²) in [6.45, 7) is 10.0. The van der Waals surface area contributed by atoms with Crippen molar-refractivity contribution in [3.8, 4) is 0 Å². The Kier molecular flexibility index (Phi) is 5.11. The zero-order valence-electron chi connectivity index (χ0n) is 12.1. The molecule has 1 aromatic heterocycles. The van der Waals surface area contributed by atoms with E-state index in [2.05, 4.69) is 20.6 Å². The molecule has 0 fully saturated rings. The summed E-state index contributed by atoms with van der Waals surface area (Å²) in [5, 5.41) is 6.26. The van der Waals surface area contributed by atoms with E-state index in [0.29, 0.717) is 23.9 Å². The molecule has 6 heteroatoms. The van der Waals surface area contributed by atoms with Crippen LogP contribution in [0.4, 0.5) is 5.82 Å². The lowest BCUT2D eigenvalue weighted by atomic mass is 10.1. The molecular formula is C13H21ClN4O. The average molecular weight is 285 g/mol. The molecule has 1 rings (SSSR count). The molecule has 5 nitrogen and oxygen atoms in total. The zero-order chi connectivity index (χ0) is 14.6. The number of nitrogens with one attached hydrogen (secondary N) is 2. The van der Waals surface area contributed by atoms with Gasteiger partial charge in [-0.2, -0.15) is 0 Å². The second kappa shape index (κ2) is 6.19. The van der Waals surface area contributed by atoms with Gasteiger partial charge in [0.25, 0.3) is 0 Å². The maximum Gasteiger partial charge on any atom is 0.222 e. The monoisotopic (exact) mass is 284 g/mol. The fraction of sp³-hybridized carbons (Fsp3) is 0.615. The number of aromatic nitrogens is 2. The van der Waals surface area contributed by atoms with Gasteiger partial charge in [0.05, 0.1) is 11.4 Å². The quantitative estimate of drug-likeness (QED) is 0.891. The Morgan fingerprint density at radius 2 is 1.79 bits per heavy atom. The second-order valence-corrected chi connectivity index (χ2v) is 5.87. The van der Waals surface area contributed by atoms with Crippen LogP contribution in [0.1, 0.15) is 38.6 Å². The molecule has 1 amide bonds. The number of hydrogen-bond donors (Lipinski definition) is 2. The van der Waals surface area contributed by atoms with Crippen LogP contribution in [0.2, 0.25) is 5.15 Å². The number of carbonyl (C=O) groups excluding carboxylic acids is 1. The van der Waals surface area contributed by atoms with Crippen LogP contribution in [0, 0.1) is 13.8 Å². The molecule has 0 saturated carbocycles. The van der Waals surface area contributed by atoms with Gasteiger partial charge in [0, 0.05) is 18.5 Å². The van der Waals surface area contributed by atoms with Crippen molar-refractivity contribution in [1.82, 2.24) is 15.3 Å². The minimum absolute atomic E-state index is 0.00656. The van der Waals surface area contributed by atoms with Gasteiger partial charge in [-0.1, -0.05) is 11.6 Å². The topological polar surface area (TPSA) is 66.9 Å². The zero-order valence-corrected chi connectivity index (χ0v) is 12.9. The predicted molar refractivity (Wildman–Crippen MR) is 77.5 cm³/mol. The Bertz CT molecular complexity index is 468. The lowest BCUT2D eigenvalue weighted by molar-refractivity contribution is -0.122. The number of anilines is 1. The lowest BCUT2D eigenvalue weighted by Crippen LogP contribution is -2.41. The Labute approximate surface area is 119 Å². The minimum Gasteiger partial charge on any atom is -0.367 e. The summed E-state index contributed by atoms with van der Waals surface area (Å²) in [5.41, 5.74) is 1.42. The molecule has 106 valence electrons. The first-order valence-electron chi connectivity index (χ1n) is 6.24. The van der Waals surface area contributed by atoms with Crippen molar-refractivity contribution in [3.05, 3.63) is 16.5 Å². The van der Waals surface area contributed by atoms with Gasteiger partial charge in [0.2, 0.25) is 5.91 Å². The molecule has 0 saturated heterocycles. The van der Waals surface area contributed by atoms with E-state index in [-0.39, 0.29) is 11.4 Å². The molecule has 2 N–H and O–H groups in total. The largest absolute Gasteiger partial charge is 0.367 e. The third kappa shape index (κ3) is 5.42. The molecule has 0 aliphatic heterocycles. The summed E-state index contributed by atoms with van der Waals surface area (Å²) in [5.74, 6) is 0.515. The van der Waals surface area contributed by atoms with Crippen LogP contribution in [-0.4, -0.2) is 28.0 Å². The summed E-state index contributed by atoms with van der Waals surface area (Å²) in [7, 11) is 0. The van der Waals surface area contributed by atoms with Gasteiger partial charge in [-0.05, 0) is 34.6 Å². The first kappa shape index (κ1) is 15.7. The van der Waals surface area contributed by atoms with Gasteiger partial charge in [0.1, 0.15) is 0 Å². The van der Waals surface area contributed by atoms with E-state index < -0.39 is 0 Å². The number of carbonyl (C=O) groups is 1. The van der Waals surface area contributed by atoms with E-state index >= 15 is 0 Å². The number of rotatable bonds is 4. The predicted octanol–water partition coefficient (Wildman–Crippen LogP) is 2.46. The standard InChI is InChI=1S/C13H21ClN4O/c1-8-9(2)17-12(11(14)16-8)15-7-6-10(19)18-13(3,4)5/h6-7H2,1-5H3,(H,15,17)(H,18,19). The summed E-state index contributed by atoms with van der Waals surface area (Å²) in [6, 6.07) is 0. The highest BCUT2D eigenvalue weighted by molar-refractivity contribution is 6.31. The Balaban J connectivity index is 2.50. The van der Waals surface area contributed by atoms with Crippen molar-refractivity contribution in [1.29, 1.82) is 0 Å². The number of hydrogen-bond acceptors (Lipinski definition) is 4. The van der Waals surface area contributed by atoms with Crippen molar-refractivity contribution < 1.29 is 4.79 Å². The number of aryl methyl sites for hydroxylation is 2. The van der Waals surface area contributed by atoms with Gasteiger partial charge in [-0.3, -0.25) is 4.79 Å². The number of nitrogens with zero attached hydrogens (tertiary/aromatic N) is 2. The molecule has 0 aliphatic rings. The van der Waals surface area contributed by atoms with Crippen molar-refractivity contribution in [3.63, 3.8) is 0 Å². The summed E-state index contributed by atoms with van der Waals surface area (Å²) in [4.78, 5) is 20.1. The van der Waals surface area contributed by atoms with Gasteiger partial charge in [0.15, 0.2) is 11.0 Å². The maximum atomic E-state index is 11.6. The van der Waals surface area contributed by atoms with Gasteiger partial charge in [-0.15, -0.1) is 0 Å². The average Bonchev–Trinajstić information content (AvgIpc) is 2.22. The molecule has 0 atom stereocenters. The van der Waals surface area contributed by atoms with Gasteiger partial charge < -0.3 is 10.6 Å². The van der Waals surface area contributed by atoms with Crippen LogP contribution < -0.4 is 10.6 Å². The fourth-order valence-electron chi connectivity index (χ4n) is 1.46. The van der Waals surface area contributed by atoms with E-state index in [0.717, 1.165) is 11.4 Å². The highest BCUT2D eigenvalue weighted by atomic mass is 35.5. The molecule has 0 aliphatic carbocycles. The van der Waals surface area contributed by atoms with E-state index in [4.69, 9.17) is 11.6 Å². The first-order valence-corrected chi connectivity index (χ1v) is 6.62. The molecular weight excluding hydrogens is 264 g/mol. The molecule has 19 heavy (non-hydrogen) atoms.